The number of pyridine rings is 1. The van der Waals surface area contributed by atoms with E-state index in [1.165, 1.54) is 16.9 Å². The van der Waals surface area contributed by atoms with Gasteiger partial charge in [0, 0.05) is 17.1 Å². The highest BCUT2D eigenvalue weighted by Gasteiger charge is 2.21. The predicted octanol–water partition coefficient (Wildman–Crippen LogP) is 5.39. The van der Waals surface area contributed by atoms with Crippen LogP contribution in [-0.2, 0) is 16.0 Å². The van der Waals surface area contributed by atoms with Gasteiger partial charge in [0.2, 0.25) is 0 Å². The van der Waals surface area contributed by atoms with Crippen molar-refractivity contribution in [1.82, 2.24) is 9.97 Å². The molecule has 1 unspecified atom stereocenters. The molecule has 29 heavy (non-hydrogen) atoms. The van der Waals surface area contributed by atoms with Gasteiger partial charge in [-0.05, 0) is 24.6 Å². The molecule has 144 valence electrons. The molecular formula is C24H20N2O2S. The van der Waals surface area contributed by atoms with E-state index in [9.17, 15) is 4.79 Å². The molecule has 2 aromatic heterocycles. The maximum absolute atomic E-state index is 12.7. The summed E-state index contributed by atoms with van der Waals surface area (Å²) in [4.78, 5) is 21.7. The van der Waals surface area contributed by atoms with E-state index in [2.05, 4.69) is 29.0 Å². The van der Waals surface area contributed by atoms with Crippen LogP contribution in [0.3, 0.4) is 0 Å². The zero-order chi connectivity index (χ0) is 20.1. The second-order valence-corrected chi connectivity index (χ2v) is 7.58. The smallest absolute Gasteiger partial charge is 0.312 e. The third kappa shape index (κ3) is 4.76. The minimum atomic E-state index is -0.542. The first kappa shape index (κ1) is 19.0. The van der Waals surface area contributed by atoms with Crippen molar-refractivity contribution in [2.45, 2.75) is 19.4 Å². The molecule has 0 fully saturated rings. The summed E-state index contributed by atoms with van der Waals surface area (Å²) in [5.74, 6) is -0.328. The standard InChI is InChI=1S/C24H20N2O2S/c1-17-10-12-19(13-11-17)24-26-20(16-29-24)15-22(27)28-23(18-7-3-2-4-8-18)21-9-5-6-14-25-21/h2-14,16,23H,15H2,1H3. The van der Waals surface area contributed by atoms with Crippen molar-refractivity contribution in [3.05, 3.63) is 107 Å². The summed E-state index contributed by atoms with van der Waals surface area (Å²) in [5, 5.41) is 2.81. The monoisotopic (exact) mass is 400 g/mol. The molecule has 4 aromatic rings. The Kier molecular flexibility index (Phi) is 5.77. The first-order valence-corrected chi connectivity index (χ1v) is 10.2. The third-order valence-corrected chi connectivity index (χ3v) is 5.42. The summed E-state index contributed by atoms with van der Waals surface area (Å²) < 4.78 is 5.82. The van der Waals surface area contributed by atoms with Gasteiger partial charge in [-0.15, -0.1) is 11.3 Å². The van der Waals surface area contributed by atoms with Gasteiger partial charge in [0.05, 0.1) is 17.8 Å². The highest BCUT2D eigenvalue weighted by atomic mass is 32.1. The summed E-state index contributed by atoms with van der Waals surface area (Å²) in [5.41, 5.74) is 4.55. The molecule has 0 aliphatic rings. The summed E-state index contributed by atoms with van der Waals surface area (Å²) in [7, 11) is 0. The number of thiazole rings is 1. The SMILES string of the molecule is Cc1ccc(-c2nc(CC(=O)OC(c3ccccc3)c3ccccn3)cs2)cc1. The van der Waals surface area contributed by atoms with Crippen LogP contribution in [0.15, 0.2) is 84.4 Å². The van der Waals surface area contributed by atoms with Crippen molar-refractivity contribution in [2.24, 2.45) is 0 Å². The van der Waals surface area contributed by atoms with Crippen molar-refractivity contribution in [2.75, 3.05) is 0 Å². The van der Waals surface area contributed by atoms with Crippen molar-refractivity contribution in [3.63, 3.8) is 0 Å². The largest absolute Gasteiger partial charge is 0.451 e. The molecule has 0 aliphatic carbocycles. The normalized spacial score (nSPS) is 11.8. The van der Waals surface area contributed by atoms with Crippen LogP contribution in [-0.4, -0.2) is 15.9 Å². The lowest BCUT2D eigenvalue weighted by Gasteiger charge is -2.17. The summed E-state index contributed by atoms with van der Waals surface area (Å²) >= 11 is 1.53. The highest BCUT2D eigenvalue weighted by molar-refractivity contribution is 7.13. The van der Waals surface area contributed by atoms with Gasteiger partial charge in [-0.3, -0.25) is 9.78 Å². The molecule has 0 aliphatic heterocycles. The molecule has 0 bridgehead atoms. The van der Waals surface area contributed by atoms with Gasteiger partial charge in [0.1, 0.15) is 5.01 Å². The average Bonchev–Trinajstić information content (AvgIpc) is 3.22. The Bertz CT molecular complexity index is 1040. The average molecular weight is 401 g/mol. The fraction of sp³-hybridized carbons (Fsp3) is 0.125. The first-order chi connectivity index (χ1) is 14.2. The Morgan fingerprint density at radius 2 is 1.76 bits per heavy atom. The van der Waals surface area contributed by atoms with Gasteiger partial charge in [-0.1, -0.05) is 66.2 Å². The molecule has 5 heteroatoms. The Morgan fingerprint density at radius 3 is 2.48 bits per heavy atom. The van der Waals surface area contributed by atoms with Gasteiger partial charge < -0.3 is 4.74 Å². The Balaban J connectivity index is 1.49. The molecule has 0 N–H and O–H groups in total. The van der Waals surface area contributed by atoms with Crippen molar-refractivity contribution in [1.29, 1.82) is 0 Å². The predicted molar refractivity (Wildman–Crippen MR) is 115 cm³/mol. The van der Waals surface area contributed by atoms with E-state index in [4.69, 9.17) is 4.74 Å². The molecular weight excluding hydrogens is 380 g/mol. The van der Waals surface area contributed by atoms with Gasteiger partial charge in [0.15, 0.2) is 6.10 Å². The molecule has 2 aromatic carbocycles. The molecule has 1 atom stereocenters. The molecule has 4 rings (SSSR count). The number of aromatic nitrogens is 2. The van der Waals surface area contributed by atoms with Crippen LogP contribution in [0, 0.1) is 6.92 Å². The highest BCUT2D eigenvalue weighted by Crippen LogP contribution is 2.27. The minimum absolute atomic E-state index is 0.124. The lowest BCUT2D eigenvalue weighted by Crippen LogP contribution is -2.15. The fourth-order valence-electron chi connectivity index (χ4n) is 3.00. The Morgan fingerprint density at radius 1 is 1.00 bits per heavy atom. The van der Waals surface area contributed by atoms with Crippen LogP contribution in [0.4, 0.5) is 0 Å². The molecule has 0 spiro atoms. The quantitative estimate of drug-likeness (QED) is 0.407. The molecule has 0 radical (unpaired) electrons. The third-order valence-electron chi connectivity index (χ3n) is 4.48. The summed E-state index contributed by atoms with van der Waals surface area (Å²) in [6, 6.07) is 23.5. The lowest BCUT2D eigenvalue weighted by atomic mass is 10.1. The zero-order valence-electron chi connectivity index (χ0n) is 16.0. The van der Waals surface area contributed by atoms with Crippen LogP contribution in [0.2, 0.25) is 0 Å². The maximum atomic E-state index is 12.7. The molecule has 0 saturated carbocycles. The lowest BCUT2D eigenvalue weighted by molar-refractivity contribution is -0.146. The number of hydrogen-bond donors (Lipinski definition) is 0. The zero-order valence-corrected chi connectivity index (χ0v) is 16.8. The number of carbonyl (C=O) groups excluding carboxylic acids is 1. The van der Waals surface area contributed by atoms with Gasteiger partial charge in [0.25, 0.3) is 0 Å². The first-order valence-electron chi connectivity index (χ1n) is 9.36. The molecule has 0 amide bonds. The van der Waals surface area contributed by atoms with Gasteiger partial charge in [-0.25, -0.2) is 4.98 Å². The Labute approximate surface area is 173 Å². The van der Waals surface area contributed by atoms with Crippen molar-refractivity contribution < 1.29 is 9.53 Å². The second kappa shape index (κ2) is 8.80. The van der Waals surface area contributed by atoms with Crippen molar-refractivity contribution >= 4 is 17.3 Å². The maximum Gasteiger partial charge on any atom is 0.312 e. The minimum Gasteiger partial charge on any atom is -0.451 e. The Hall–Kier alpha value is -3.31. The number of carbonyl (C=O) groups is 1. The van der Waals surface area contributed by atoms with E-state index in [1.54, 1.807) is 6.20 Å². The number of hydrogen-bond acceptors (Lipinski definition) is 5. The van der Waals surface area contributed by atoms with Crippen LogP contribution in [0.25, 0.3) is 10.6 Å². The summed E-state index contributed by atoms with van der Waals surface area (Å²) in [6.45, 7) is 2.05. The van der Waals surface area contributed by atoms with E-state index in [0.717, 1.165) is 16.1 Å². The van der Waals surface area contributed by atoms with Gasteiger partial charge in [-0.2, -0.15) is 0 Å². The van der Waals surface area contributed by atoms with Crippen LogP contribution in [0.1, 0.15) is 28.6 Å². The fourth-order valence-corrected chi connectivity index (χ4v) is 3.82. The number of nitrogens with zero attached hydrogens (tertiary/aromatic N) is 2. The van der Waals surface area contributed by atoms with E-state index in [1.807, 2.05) is 66.0 Å². The second-order valence-electron chi connectivity index (χ2n) is 6.72. The molecule has 0 saturated heterocycles. The van der Waals surface area contributed by atoms with E-state index in [-0.39, 0.29) is 12.4 Å². The van der Waals surface area contributed by atoms with E-state index in [0.29, 0.717) is 11.4 Å². The van der Waals surface area contributed by atoms with Crippen molar-refractivity contribution in [3.8, 4) is 10.6 Å². The number of ether oxygens (including phenoxy) is 1. The van der Waals surface area contributed by atoms with Crippen LogP contribution in [0.5, 0.6) is 0 Å². The van der Waals surface area contributed by atoms with Crippen LogP contribution < -0.4 is 0 Å². The van der Waals surface area contributed by atoms with Crippen LogP contribution >= 0.6 is 11.3 Å². The number of aryl methyl sites for hydroxylation is 1. The van der Waals surface area contributed by atoms with Gasteiger partial charge >= 0.3 is 5.97 Å². The molecule has 2 heterocycles. The number of benzene rings is 2. The topological polar surface area (TPSA) is 52.1 Å². The van der Waals surface area contributed by atoms with E-state index >= 15 is 0 Å². The van der Waals surface area contributed by atoms with E-state index < -0.39 is 6.10 Å². The number of rotatable bonds is 6. The molecule has 4 nitrogen and oxygen atoms in total. The summed E-state index contributed by atoms with van der Waals surface area (Å²) in [6.07, 6.45) is 1.28. The number of esters is 1.